The minimum absolute atomic E-state index is 0.536. The van der Waals surface area contributed by atoms with Crippen molar-refractivity contribution in [2.24, 2.45) is 0 Å². The van der Waals surface area contributed by atoms with Crippen LogP contribution in [0.1, 0.15) is 60.3 Å². The first-order chi connectivity index (χ1) is 14.7. The molecule has 2 atom stereocenters. The quantitative estimate of drug-likeness (QED) is 0.369. The maximum Gasteiger partial charge on any atom is 0.00185 e. The van der Waals surface area contributed by atoms with Crippen molar-refractivity contribution in [2.75, 3.05) is 0 Å². The molecular formula is C30H32. The third-order valence-electron chi connectivity index (χ3n) is 6.33. The molecular weight excluding hydrogens is 360 g/mol. The van der Waals surface area contributed by atoms with Crippen LogP contribution in [0.2, 0.25) is 0 Å². The van der Waals surface area contributed by atoms with Gasteiger partial charge in [-0.05, 0) is 67.3 Å². The second kappa shape index (κ2) is 9.76. The van der Waals surface area contributed by atoms with Crippen molar-refractivity contribution >= 4 is 0 Å². The summed E-state index contributed by atoms with van der Waals surface area (Å²) < 4.78 is 0. The molecule has 0 bridgehead atoms. The Labute approximate surface area is 182 Å². The summed E-state index contributed by atoms with van der Waals surface area (Å²) in [5.41, 5.74) is 8.21. The Morgan fingerprint density at radius 1 is 0.700 bits per heavy atom. The van der Waals surface area contributed by atoms with Crippen LogP contribution >= 0.6 is 0 Å². The van der Waals surface area contributed by atoms with Crippen LogP contribution in [-0.2, 0) is 6.42 Å². The van der Waals surface area contributed by atoms with Crippen molar-refractivity contribution in [3.05, 3.63) is 119 Å². The molecule has 0 aliphatic heterocycles. The summed E-state index contributed by atoms with van der Waals surface area (Å²) >= 11 is 0. The number of hydrogen-bond acceptors (Lipinski definition) is 0. The van der Waals surface area contributed by atoms with Crippen LogP contribution in [0.5, 0.6) is 0 Å². The third kappa shape index (κ3) is 5.00. The summed E-state index contributed by atoms with van der Waals surface area (Å²) in [4.78, 5) is 0. The lowest BCUT2D eigenvalue weighted by Crippen LogP contribution is -2.06. The number of aryl methyl sites for hydroxylation is 2. The van der Waals surface area contributed by atoms with Gasteiger partial charge in [-0.15, -0.1) is 0 Å². The second-order valence-corrected chi connectivity index (χ2v) is 8.51. The van der Waals surface area contributed by atoms with Gasteiger partial charge < -0.3 is 0 Å². The molecule has 4 rings (SSSR count). The van der Waals surface area contributed by atoms with E-state index in [-0.39, 0.29) is 0 Å². The fourth-order valence-electron chi connectivity index (χ4n) is 4.39. The van der Waals surface area contributed by atoms with Gasteiger partial charge >= 0.3 is 0 Å². The Kier molecular flexibility index (Phi) is 6.64. The topological polar surface area (TPSA) is 0 Å². The van der Waals surface area contributed by atoms with Crippen molar-refractivity contribution in [2.45, 2.75) is 51.4 Å². The number of rotatable bonds is 6. The summed E-state index contributed by atoms with van der Waals surface area (Å²) in [5.74, 6) is 1.09. The molecule has 30 heavy (non-hydrogen) atoms. The standard InChI is InChI=1S/C30H32/c1-3-4-5-6-24-9-13-26(14-10-24)28-17-21-30(22-18-28)29-19-15-27(16-20-29)25-11-7-23(2)8-12-25/h3-4,7-17,19-21,28,30H,5-6,18,22H2,1-2H3/b4-3+. The van der Waals surface area contributed by atoms with Crippen molar-refractivity contribution in [1.82, 2.24) is 0 Å². The Hall–Kier alpha value is -2.86. The minimum Gasteiger partial charge on any atom is -0.0917 e. The number of allylic oxidation sites excluding steroid dienone is 4. The molecule has 0 heteroatoms. The van der Waals surface area contributed by atoms with Gasteiger partial charge in [0.05, 0.1) is 0 Å². The normalized spacial score (nSPS) is 18.7. The Morgan fingerprint density at radius 3 is 1.70 bits per heavy atom. The Bertz CT molecular complexity index is 985. The molecule has 2 unspecified atom stereocenters. The molecule has 0 amide bonds. The van der Waals surface area contributed by atoms with E-state index in [1.54, 1.807) is 0 Å². The van der Waals surface area contributed by atoms with Crippen LogP contribution in [0.25, 0.3) is 11.1 Å². The zero-order chi connectivity index (χ0) is 20.8. The number of benzene rings is 3. The van der Waals surface area contributed by atoms with Gasteiger partial charge in [0.2, 0.25) is 0 Å². The molecule has 3 aromatic rings. The smallest absolute Gasteiger partial charge is 0.00185 e. The Balaban J connectivity index is 1.39. The molecule has 0 aromatic heterocycles. The second-order valence-electron chi connectivity index (χ2n) is 8.51. The van der Waals surface area contributed by atoms with Crippen molar-refractivity contribution < 1.29 is 0 Å². The van der Waals surface area contributed by atoms with Crippen LogP contribution < -0.4 is 0 Å². The van der Waals surface area contributed by atoms with Crippen molar-refractivity contribution in [1.29, 1.82) is 0 Å². The van der Waals surface area contributed by atoms with Gasteiger partial charge in [-0.3, -0.25) is 0 Å². The highest BCUT2D eigenvalue weighted by Crippen LogP contribution is 2.36. The van der Waals surface area contributed by atoms with Gasteiger partial charge in [0.25, 0.3) is 0 Å². The highest BCUT2D eigenvalue weighted by atomic mass is 14.2. The van der Waals surface area contributed by atoms with Crippen LogP contribution in [0.4, 0.5) is 0 Å². The van der Waals surface area contributed by atoms with Gasteiger partial charge in [-0.2, -0.15) is 0 Å². The summed E-state index contributed by atoms with van der Waals surface area (Å²) in [6.45, 7) is 4.22. The first-order valence-electron chi connectivity index (χ1n) is 11.3. The lowest BCUT2D eigenvalue weighted by atomic mass is 9.81. The molecule has 0 heterocycles. The van der Waals surface area contributed by atoms with Gasteiger partial charge in [-0.1, -0.05) is 103 Å². The maximum atomic E-state index is 2.43. The van der Waals surface area contributed by atoms with Gasteiger partial charge in [0.1, 0.15) is 0 Å². The summed E-state index contributed by atoms with van der Waals surface area (Å²) in [6, 6.07) is 27.2. The van der Waals surface area contributed by atoms with Crippen LogP contribution in [0.15, 0.2) is 97.1 Å². The van der Waals surface area contributed by atoms with Gasteiger partial charge in [-0.25, -0.2) is 0 Å². The van der Waals surface area contributed by atoms with E-state index in [2.05, 4.69) is 111 Å². The Morgan fingerprint density at radius 2 is 1.20 bits per heavy atom. The van der Waals surface area contributed by atoms with Gasteiger partial charge in [0, 0.05) is 11.8 Å². The van der Waals surface area contributed by atoms with E-state index in [4.69, 9.17) is 0 Å². The molecule has 0 nitrogen and oxygen atoms in total. The molecule has 1 aliphatic rings. The fourth-order valence-corrected chi connectivity index (χ4v) is 4.39. The van der Waals surface area contributed by atoms with Crippen molar-refractivity contribution in [3.8, 4) is 11.1 Å². The molecule has 152 valence electrons. The average Bonchev–Trinajstić information content (AvgIpc) is 2.81. The van der Waals surface area contributed by atoms with E-state index < -0.39 is 0 Å². The summed E-state index contributed by atoms with van der Waals surface area (Å²) in [5, 5.41) is 0. The molecule has 0 saturated carbocycles. The third-order valence-corrected chi connectivity index (χ3v) is 6.33. The zero-order valence-corrected chi connectivity index (χ0v) is 18.2. The van der Waals surface area contributed by atoms with E-state index in [1.165, 1.54) is 46.2 Å². The predicted octanol–water partition coefficient (Wildman–Crippen LogP) is 8.39. The summed E-state index contributed by atoms with van der Waals surface area (Å²) in [6.07, 6.45) is 13.9. The zero-order valence-electron chi connectivity index (χ0n) is 18.2. The molecule has 3 aromatic carbocycles. The maximum absolute atomic E-state index is 2.43. The molecule has 0 fully saturated rings. The van der Waals surface area contributed by atoms with Crippen LogP contribution in [0, 0.1) is 6.92 Å². The first kappa shape index (κ1) is 20.4. The van der Waals surface area contributed by atoms with E-state index in [0.717, 1.165) is 12.8 Å². The van der Waals surface area contributed by atoms with E-state index >= 15 is 0 Å². The summed E-state index contributed by atoms with van der Waals surface area (Å²) in [7, 11) is 0. The van der Waals surface area contributed by atoms with Gasteiger partial charge in [0.15, 0.2) is 0 Å². The molecule has 0 radical (unpaired) electrons. The molecule has 0 N–H and O–H groups in total. The fraction of sp³-hybridized carbons (Fsp3) is 0.267. The first-order valence-corrected chi connectivity index (χ1v) is 11.3. The predicted molar refractivity (Wildman–Crippen MR) is 130 cm³/mol. The van der Waals surface area contributed by atoms with Crippen LogP contribution in [0.3, 0.4) is 0 Å². The number of hydrogen-bond donors (Lipinski definition) is 0. The largest absolute Gasteiger partial charge is 0.0917 e. The lowest BCUT2D eigenvalue weighted by Gasteiger charge is -2.24. The van der Waals surface area contributed by atoms with E-state index in [0.29, 0.717) is 11.8 Å². The SMILES string of the molecule is C/C=C/CCc1ccc(C2C=CC(c3ccc(-c4ccc(C)cc4)cc3)CC2)cc1. The lowest BCUT2D eigenvalue weighted by molar-refractivity contribution is 0.600. The van der Waals surface area contributed by atoms with E-state index in [9.17, 15) is 0 Å². The van der Waals surface area contributed by atoms with Crippen LogP contribution in [-0.4, -0.2) is 0 Å². The average molecular weight is 393 g/mol. The van der Waals surface area contributed by atoms with E-state index in [1.807, 2.05) is 0 Å². The highest BCUT2D eigenvalue weighted by Gasteiger charge is 2.18. The molecule has 1 aliphatic carbocycles. The minimum atomic E-state index is 0.536. The molecule has 0 saturated heterocycles. The molecule has 0 spiro atoms. The van der Waals surface area contributed by atoms with Crippen molar-refractivity contribution in [3.63, 3.8) is 0 Å². The monoisotopic (exact) mass is 392 g/mol. The highest BCUT2D eigenvalue weighted by molar-refractivity contribution is 5.64.